The lowest BCUT2D eigenvalue weighted by Crippen LogP contribution is -2.21. The maximum absolute atomic E-state index is 13.9. The number of halogens is 4. The standard InChI is InChI=1S/C25H23FN2O3.C2HF3O2/c1-16-5-4-6-17(13-16)18-11-12-28(15-18)19-9-10-23(21(14-19)25(30)31)27-24(29)20-7-2-3-8-22(20)26;3-2(4,5)1(6)7/h2-10,13-14,18H,11-12,15H2,1H3,(H,27,29)(H,30,31);(H,6,7). The van der Waals surface area contributed by atoms with Crippen LogP contribution in [0.2, 0.25) is 0 Å². The van der Waals surface area contributed by atoms with Crippen LogP contribution in [0.3, 0.4) is 0 Å². The van der Waals surface area contributed by atoms with Crippen molar-refractivity contribution < 1.29 is 42.2 Å². The fourth-order valence-corrected chi connectivity index (χ4v) is 4.04. The van der Waals surface area contributed by atoms with E-state index < -0.39 is 29.8 Å². The Bertz CT molecular complexity index is 1340. The predicted molar refractivity (Wildman–Crippen MR) is 132 cm³/mol. The summed E-state index contributed by atoms with van der Waals surface area (Å²) in [5.41, 5.74) is 3.27. The molecule has 1 aliphatic heterocycles. The van der Waals surface area contributed by atoms with Gasteiger partial charge in [0.05, 0.1) is 16.8 Å². The van der Waals surface area contributed by atoms with Gasteiger partial charge in [0, 0.05) is 24.7 Å². The molecule has 0 spiro atoms. The van der Waals surface area contributed by atoms with E-state index in [4.69, 9.17) is 9.90 Å². The van der Waals surface area contributed by atoms with Crippen LogP contribution in [0.15, 0.2) is 66.7 Å². The van der Waals surface area contributed by atoms with Crippen molar-refractivity contribution in [1.29, 1.82) is 0 Å². The van der Waals surface area contributed by atoms with Crippen LogP contribution >= 0.6 is 0 Å². The van der Waals surface area contributed by atoms with Gasteiger partial charge in [0.2, 0.25) is 0 Å². The zero-order valence-electron chi connectivity index (χ0n) is 20.1. The average molecular weight is 532 g/mol. The molecular weight excluding hydrogens is 508 g/mol. The first-order valence-corrected chi connectivity index (χ1v) is 11.4. The number of hydrogen-bond acceptors (Lipinski definition) is 4. The molecule has 3 aromatic carbocycles. The molecule has 1 fully saturated rings. The molecule has 1 aliphatic rings. The summed E-state index contributed by atoms with van der Waals surface area (Å²) in [6.45, 7) is 3.69. The predicted octanol–water partition coefficient (Wildman–Crippen LogP) is 5.71. The van der Waals surface area contributed by atoms with Gasteiger partial charge >= 0.3 is 18.1 Å². The average Bonchev–Trinajstić information content (AvgIpc) is 3.34. The van der Waals surface area contributed by atoms with Crippen molar-refractivity contribution in [3.63, 3.8) is 0 Å². The van der Waals surface area contributed by atoms with Gasteiger partial charge in [-0.15, -0.1) is 0 Å². The molecule has 0 saturated carbocycles. The van der Waals surface area contributed by atoms with Crippen LogP contribution in [0, 0.1) is 12.7 Å². The molecule has 11 heteroatoms. The molecule has 1 heterocycles. The van der Waals surface area contributed by atoms with Crippen LogP contribution in [0.1, 0.15) is 44.2 Å². The highest BCUT2D eigenvalue weighted by Gasteiger charge is 2.38. The Morgan fingerprint density at radius 3 is 2.24 bits per heavy atom. The second-order valence-electron chi connectivity index (χ2n) is 8.62. The van der Waals surface area contributed by atoms with E-state index in [0.29, 0.717) is 5.92 Å². The van der Waals surface area contributed by atoms with Gasteiger partial charge in [0.25, 0.3) is 5.91 Å². The molecular formula is C27H24F4N2O5. The van der Waals surface area contributed by atoms with Gasteiger partial charge in [-0.25, -0.2) is 14.0 Å². The number of nitrogens with one attached hydrogen (secondary N) is 1. The largest absolute Gasteiger partial charge is 0.490 e. The molecule has 1 atom stereocenters. The Labute approximate surface area is 215 Å². The van der Waals surface area contributed by atoms with Crippen LogP contribution < -0.4 is 10.2 Å². The van der Waals surface area contributed by atoms with Crippen molar-refractivity contribution in [1.82, 2.24) is 0 Å². The van der Waals surface area contributed by atoms with Crippen LogP contribution in [0.25, 0.3) is 0 Å². The quantitative estimate of drug-likeness (QED) is 0.364. The highest BCUT2D eigenvalue weighted by atomic mass is 19.4. The van der Waals surface area contributed by atoms with Gasteiger partial charge < -0.3 is 20.4 Å². The summed E-state index contributed by atoms with van der Waals surface area (Å²) in [6.07, 6.45) is -4.10. The van der Waals surface area contributed by atoms with Gasteiger partial charge in [-0.1, -0.05) is 42.0 Å². The molecule has 3 aromatic rings. The lowest BCUT2D eigenvalue weighted by Gasteiger charge is -2.20. The molecule has 7 nitrogen and oxygen atoms in total. The van der Waals surface area contributed by atoms with Crippen molar-refractivity contribution in [2.45, 2.75) is 25.4 Å². The number of carboxylic acid groups (broad SMARTS) is 2. The second kappa shape index (κ2) is 11.8. The number of aliphatic carboxylic acids is 1. The topological polar surface area (TPSA) is 107 Å². The normalized spacial score (nSPS) is 14.9. The lowest BCUT2D eigenvalue weighted by molar-refractivity contribution is -0.192. The highest BCUT2D eigenvalue weighted by Crippen LogP contribution is 2.33. The van der Waals surface area contributed by atoms with Crippen LogP contribution in [0.4, 0.5) is 28.9 Å². The minimum atomic E-state index is -5.08. The number of benzene rings is 3. The number of amides is 1. The molecule has 0 aliphatic carbocycles. The fraction of sp³-hybridized carbons (Fsp3) is 0.222. The Morgan fingerprint density at radius 1 is 0.947 bits per heavy atom. The fourth-order valence-electron chi connectivity index (χ4n) is 4.04. The monoisotopic (exact) mass is 532 g/mol. The number of hydrogen-bond donors (Lipinski definition) is 3. The van der Waals surface area contributed by atoms with E-state index in [1.165, 1.54) is 29.3 Å². The summed E-state index contributed by atoms with van der Waals surface area (Å²) in [5, 5.41) is 19.3. The number of aromatic carboxylic acids is 1. The minimum absolute atomic E-state index is 0.0267. The van der Waals surface area contributed by atoms with Crippen molar-refractivity contribution >= 4 is 29.2 Å². The smallest absolute Gasteiger partial charge is 0.478 e. The first-order valence-electron chi connectivity index (χ1n) is 11.4. The van der Waals surface area contributed by atoms with Gasteiger partial charge in [-0.2, -0.15) is 13.2 Å². The summed E-state index contributed by atoms with van der Waals surface area (Å²) in [7, 11) is 0. The Kier molecular flexibility index (Phi) is 8.72. The number of carbonyl (C=O) groups is 3. The zero-order valence-corrected chi connectivity index (χ0v) is 20.1. The molecule has 0 aromatic heterocycles. The summed E-state index contributed by atoms with van der Waals surface area (Å²) < 4.78 is 45.6. The van der Waals surface area contributed by atoms with E-state index in [1.54, 1.807) is 24.3 Å². The molecule has 1 saturated heterocycles. The summed E-state index contributed by atoms with van der Waals surface area (Å²) in [6, 6.07) is 19.0. The molecule has 1 unspecified atom stereocenters. The number of carbonyl (C=O) groups excluding carboxylic acids is 1. The van der Waals surface area contributed by atoms with E-state index in [1.807, 2.05) is 0 Å². The molecule has 3 N–H and O–H groups in total. The second-order valence-corrected chi connectivity index (χ2v) is 8.62. The number of rotatable bonds is 5. The van der Waals surface area contributed by atoms with Crippen molar-refractivity contribution in [3.05, 3.63) is 94.8 Å². The summed E-state index contributed by atoms with van der Waals surface area (Å²) >= 11 is 0. The number of carboxylic acids is 2. The lowest BCUT2D eigenvalue weighted by atomic mass is 9.97. The van der Waals surface area contributed by atoms with Crippen molar-refractivity contribution in [2.75, 3.05) is 23.3 Å². The van der Waals surface area contributed by atoms with Crippen molar-refractivity contribution in [2.24, 2.45) is 0 Å². The summed E-state index contributed by atoms with van der Waals surface area (Å²) in [5.74, 6) is -4.87. The van der Waals surface area contributed by atoms with E-state index in [9.17, 15) is 32.3 Å². The Morgan fingerprint density at radius 2 is 1.63 bits per heavy atom. The number of alkyl halides is 3. The number of aryl methyl sites for hydroxylation is 1. The van der Waals surface area contributed by atoms with Crippen LogP contribution in [-0.4, -0.2) is 47.3 Å². The third kappa shape index (κ3) is 7.09. The van der Waals surface area contributed by atoms with E-state index in [0.717, 1.165) is 25.2 Å². The first kappa shape index (κ1) is 28.2. The number of nitrogens with zero attached hydrogens (tertiary/aromatic N) is 1. The SMILES string of the molecule is Cc1cccc(C2CCN(c3ccc(NC(=O)c4ccccc4F)c(C(=O)O)c3)C2)c1.O=C(O)C(F)(F)F. The maximum atomic E-state index is 13.9. The molecule has 0 bridgehead atoms. The van der Waals surface area contributed by atoms with Gasteiger partial charge in [0.1, 0.15) is 5.82 Å². The Hall–Kier alpha value is -4.41. The van der Waals surface area contributed by atoms with E-state index >= 15 is 0 Å². The molecule has 4 rings (SSSR count). The third-order valence-electron chi connectivity index (χ3n) is 5.91. The van der Waals surface area contributed by atoms with Crippen molar-refractivity contribution in [3.8, 4) is 0 Å². The van der Waals surface area contributed by atoms with Gasteiger partial charge in [0.15, 0.2) is 0 Å². The summed E-state index contributed by atoms with van der Waals surface area (Å²) in [4.78, 5) is 35.3. The molecule has 0 radical (unpaired) electrons. The maximum Gasteiger partial charge on any atom is 0.490 e. The highest BCUT2D eigenvalue weighted by molar-refractivity contribution is 6.08. The van der Waals surface area contributed by atoms with E-state index in [2.05, 4.69) is 41.4 Å². The van der Waals surface area contributed by atoms with Crippen LogP contribution in [-0.2, 0) is 4.79 Å². The van der Waals surface area contributed by atoms with Crippen LogP contribution in [0.5, 0.6) is 0 Å². The first-order chi connectivity index (χ1) is 17.9. The molecule has 200 valence electrons. The van der Waals surface area contributed by atoms with Gasteiger partial charge in [-0.05, 0) is 49.2 Å². The number of anilines is 2. The Balaban J connectivity index is 0.000000505. The zero-order chi connectivity index (χ0) is 28.0. The molecule has 1 amide bonds. The minimum Gasteiger partial charge on any atom is -0.478 e. The van der Waals surface area contributed by atoms with E-state index in [-0.39, 0.29) is 16.8 Å². The molecule has 38 heavy (non-hydrogen) atoms. The van der Waals surface area contributed by atoms with Gasteiger partial charge in [-0.3, -0.25) is 4.79 Å². The third-order valence-corrected chi connectivity index (χ3v) is 5.91.